The number of H-pyrrole nitrogens is 2. The Kier molecular flexibility index (Phi) is 8.17. The van der Waals surface area contributed by atoms with Gasteiger partial charge in [-0.05, 0) is 83.2 Å². The van der Waals surface area contributed by atoms with Crippen LogP contribution in [0.25, 0.3) is 63.8 Å². The van der Waals surface area contributed by atoms with Crippen molar-refractivity contribution in [2.24, 2.45) is 0 Å². The Morgan fingerprint density at radius 3 is 1.15 bits per heavy atom. The van der Waals surface area contributed by atoms with Gasteiger partial charge in [-0.2, -0.15) is 26.3 Å². The van der Waals surface area contributed by atoms with Gasteiger partial charge in [-0.3, -0.25) is 8.75 Å². The van der Waals surface area contributed by atoms with Gasteiger partial charge >= 0.3 is 31.5 Å². The number of thioether (sulfide) groups is 2. The Balaban J connectivity index is 1.29. The van der Waals surface area contributed by atoms with Crippen LogP contribution in [-0.2, 0) is 0 Å². The highest BCUT2D eigenvalue weighted by molar-refractivity contribution is 8.46. The quantitative estimate of drug-likeness (QED) is 0.118. The number of halogens is 16. The van der Waals surface area contributed by atoms with Crippen LogP contribution in [0.3, 0.4) is 0 Å². The molecule has 7 aromatic rings. The number of nitrogens with zero attached hydrogens (tertiary/aromatic N) is 2. The van der Waals surface area contributed by atoms with Gasteiger partial charge in [0.15, 0.2) is 0 Å². The third-order valence-electron chi connectivity index (χ3n) is 7.45. The molecule has 4 aromatic heterocycles. The molecule has 4 nitrogen and oxygen atoms in total. The topological polar surface area (TPSA) is 57.4 Å². The molecule has 3 aromatic carbocycles. The number of alkyl halides is 6. The zero-order valence-electron chi connectivity index (χ0n) is 25.6. The molecular formula is C28H12F16N4S7. The van der Waals surface area contributed by atoms with Crippen LogP contribution in [-0.4, -0.2) is 30.0 Å². The zero-order chi connectivity index (χ0) is 40.5. The van der Waals surface area contributed by atoms with Gasteiger partial charge in [-0.15, -0.1) is 32.9 Å². The predicted molar refractivity (Wildman–Crippen MR) is 188 cm³/mol. The second kappa shape index (κ2) is 11.2. The molecule has 298 valence electrons. The number of fused-ring (bicyclic) bond motifs is 2. The molecule has 55 heavy (non-hydrogen) atoms. The highest BCUT2D eigenvalue weighted by Gasteiger charge is 2.68. The van der Waals surface area contributed by atoms with Crippen molar-refractivity contribution in [1.29, 1.82) is 0 Å². The van der Waals surface area contributed by atoms with E-state index in [1.807, 2.05) is 0 Å². The lowest BCUT2D eigenvalue weighted by Crippen LogP contribution is -2.10. The maximum absolute atomic E-state index is 13.6. The summed E-state index contributed by atoms with van der Waals surface area (Å²) in [4.78, 5) is -7.97. The van der Waals surface area contributed by atoms with Gasteiger partial charge in [0, 0.05) is 52.2 Å². The molecule has 0 aliphatic heterocycles. The lowest BCUT2D eigenvalue weighted by molar-refractivity contribution is -0.0338. The van der Waals surface area contributed by atoms with Gasteiger partial charge in [-0.25, -0.2) is 0 Å². The molecule has 4 heterocycles. The molecule has 0 saturated heterocycles. The van der Waals surface area contributed by atoms with E-state index in [2.05, 4.69) is 18.9 Å². The number of hydrogen-bond donors (Lipinski definition) is 2. The van der Waals surface area contributed by atoms with Gasteiger partial charge in [0.05, 0.1) is 11.0 Å². The molecule has 0 spiro atoms. The van der Waals surface area contributed by atoms with Crippen molar-refractivity contribution in [1.82, 2.24) is 18.9 Å². The first-order valence-electron chi connectivity index (χ1n) is 14.1. The lowest BCUT2D eigenvalue weighted by atomic mass is 10.0. The smallest absolute Gasteiger partial charge is 0.294 e. The second-order valence-corrected chi connectivity index (χ2v) is 21.1. The van der Waals surface area contributed by atoms with Crippen LogP contribution in [0.2, 0.25) is 0 Å². The minimum Gasteiger partial charge on any atom is -0.294 e. The van der Waals surface area contributed by atoms with Gasteiger partial charge < -0.3 is 0 Å². The Hall–Kier alpha value is -3.24. The van der Waals surface area contributed by atoms with E-state index in [9.17, 15) is 65.2 Å². The van der Waals surface area contributed by atoms with Crippen LogP contribution >= 0.6 is 78.4 Å². The molecule has 0 amide bonds. The van der Waals surface area contributed by atoms with Crippen molar-refractivity contribution >= 4 is 100 Å². The number of nitrogens with one attached hydrogen (secondary N) is 2. The molecule has 0 saturated carbocycles. The normalized spacial score (nSPS) is 16.0. The number of rotatable bonds is 8. The summed E-state index contributed by atoms with van der Waals surface area (Å²) in [6.07, 6.45) is 0. The standard InChI is InChI=1S/C28H12F16N4S7/c29-27(30,31)51-17-9-11(1-7-19(17)54(35,36,37,38)39)13-3-5-15(49-13)21-23-24(46-45-23)22(26-25(21)47-53-48-26)16-6-4-14(50-16)12-2-8-20(55(40,41,42,43)44)18(10-12)52-28(32,33)34/h1-10,47-48H. The molecule has 0 atom stereocenters. The first kappa shape index (κ1) is 40.0. The van der Waals surface area contributed by atoms with Crippen molar-refractivity contribution in [3.63, 3.8) is 0 Å². The fourth-order valence-corrected chi connectivity index (χ4v) is 12.1. The Morgan fingerprint density at radius 2 is 0.836 bits per heavy atom. The van der Waals surface area contributed by atoms with E-state index in [-0.39, 0.29) is 44.0 Å². The minimum absolute atomic E-state index is 0.0938. The fourth-order valence-electron chi connectivity index (χ4n) is 5.41. The van der Waals surface area contributed by atoms with Crippen LogP contribution in [0.4, 0.5) is 65.2 Å². The van der Waals surface area contributed by atoms with Crippen molar-refractivity contribution in [2.45, 2.75) is 30.6 Å². The molecule has 0 bridgehead atoms. The highest BCUT2D eigenvalue weighted by Crippen LogP contribution is 3.03. The van der Waals surface area contributed by atoms with Crippen LogP contribution in [0.15, 0.2) is 80.2 Å². The lowest BCUT2D eigenvalue weighted by Gasteiger charge is -2.41. The Bertz CT molecular complexity index is 2480. The minimum atomic E-state index is -10.5. The average molecular weight is 933 g/mol. The van der Waals surface area contributed by atoms with E-state index in [1.54, 1.807) is 0 Å². The average Bonchev–Trinajstić information content (AvgIpc) is 3.75. The largest absolute Gasteiger partial charge is 0.446 e. The fraction of sp³-hybridized carbons (Fsp3) is 0.0714. The molecule has 0 aliphatic carbocycles. The maximum Gasteiger partial charge on any atom is 0.446 e. The Morgan fingerprint density at radius 1 is 0.491 bits per heavy atom. The molecule has 0 aliphatic rings. The van der Waals surface area contributed by atoms with Gasteiger partial charge in [0.25, 0.3) is 0 Å². The summed E-state index contributed by atoms with van der Waals surface area (Å²) in [6.45, 7) is 0. The molecule has 2 N–H and O–H groups in total. The van der Waals surface area contributed by atoms with Crippen molar-refractivity contribution in [3.8, 4) is 41.8 Å². The molecular weight excluding hydrogens is 921 g/mol. The van der Waals surface area contributed by atoms with Crippen molar-refractivity contribution in [2.75, 3.05) is 0 Å². The first-order valence-corrected chi connectivity index (χ1v) is 22.1. The number of benzene rings is 3. The van der Waals surface area contributed by atoms with E-state index in [4.69, 9.17) is 0 Å². The van der Waals surface area contributed by atoms with E-state index in [0.29, 0.717) is 56.2 Å². The summed E-state index contributed by atoms with van der Waals surface area (Å²) in [5.74, 6) is 0. The third kappa shape index (κ3) is 8.14. The summed E-state index contributed by atoms with van der Waals surface area (Å²) < 4.78 is 221. The molecule has 7 rings (SSSR count). The van der Waals surface area contributed by atoms with Crippen LogP contribution in [0.5, 0.6) is 0 Å². The number of hydrogen-bond acceptors (Lipinski definition) is 7. The number of aromatic nitrogens is 4. The van der Waals surface area contributed by atoms with Crippen LogP contribution in [0, 0.1) is 0 Å². The SMILES string of the molecule is FC(F)(F)Sc1cc(-c2ccc(-c3c4nnc4c(-c4ccc(-c5ccc(S(F)(F)(F)(F)F)c(SC(F)(F)F)c5)s4)c4[nH]s[nH]c34)s2)ccc1S(F)(F)(F)(F)F. The molecule has 0 radical (unpaired) electrons. The van der Waals surface area contributed by atoms with E-state index < -0.39 is 74.6 Å². The highest BCUT2D eigenvalue weighted by atomic mass is 32.5. The third-order valence-corrected chi connectivity index (χ3v) is 14.6. The predicted octanol–water partition coefficient (Wildman–Crippen LogP) is 16.8. The molecule has 0 unspecified atom stereocenters. The number of aromatic amines is 2. The summed E-state index contributed by atoms with van der Waals surface area (Å²) >= 11 is 0.0217. The van der Waals surface area contributed by atoms with Crippen LogP contribution < -0.4 is 0 Å². The van der Waals surface area contributed by atoms with Crippen LogP contribution in [0.1, 0.15) is 0 Å². The summed E-state index contributed by atoms with van der Waals surface area (Å²) in [5.41, 5.74) is -9.23. The summed E-state index contributed by atoms with van der Waals surface area (Å²) in [5, 5.41) is 8.12. The van der Waals surface area contributed by atoms with E-state index >= 15 is 0 Å². The second-order valence-electron chi connectivity index (χ2n) is 11.4. The summed E-state index contributed by atoms with van der Waals surface area (Å²) in [6, 6.07) is 7.35. The van der Waals surface area contributed by atoms with Gasteiger partial charge in [-0.1, -0.05) is 51.0 Å². The maximum atomic E-state index is 13.6. The van der Waals surface area contributed by atoms with Crippen molar-refractivity contribution < 1.29 is 65.2 Å². The van der Waals surface area contributed by atoms with E-state index in [1.165, 1.54) is 24.3 Å². The molecule has 27 heteroatoms. The zero-order valence-corrected chi connectivity index (χ0v) is 31.3. The van der Waals surface area contributed by atoms with Gasteiger partial charge in [0.1, 0.15) is 20.8 Å². The summed E-state index contributed by atoms with van der Waals surface area (Å²) in [7, 11) is -21.1. The Labute approximate surface area is 316 Å². The first-order chi connectivity index (χ1) is 24.7. The van der Waals surface area contributed by atoms with Gasteiger partial charge in [0.2, 0.25) is 0 Å². The van der Waals surface area contributed by atoms with Crippen molar-refractivity contribution in [3.05, 3.63) is 60.7 Å². The molecule has 0 fully saturated rings. The number of thiophene rings is 2. The monoisotopic (exact) mass is 932 g/mol. The van der Waals surface area contributed by atoms with E-state index in [0.717, 1.165) is 34.4 Å².